The number of halogens is 2. The minimum absolute atomic E-state index is 0.743. The van der Waals surface area contributed by atoms with Crippen molar-refractivity contribution in [1.82, 2.24) is 0 Å². The number of carboxylic acid groups (broad SMARTS) is 1. The van der Waals surface area contributed by atoms with E-state index in [1.807, 2.05) is 37.3 Å². The molecule has 0 radical (unpaired) electrons. The van der Waals surface area contributed by atoms with E-state index in [0.29, 0.717) is 0 Å². The molecule has 0 saturated carbocycles. The summed E-state index contributed by atoms with van der Waals surface area (Å²) in [5, 5.41) is 12.4. The Kier molecular flexibility index (Phi) is 4.65. The van der Waals surface area contributed by atoms with E-state index in [-0.39, 0.29) is 0 Å². The van der Waals surface area contributed by atoms with Crippen LogP contribution in [0.3, 0.4) is 0 Å². The van der Waals surface area contributed by atoms with Gasteiger partial charge in [0.1, 0.15) is 0 Å². The predicted molar refractivity (Wildman–Crippen MR) is 84.9 cm³/mol. The molecule has 1 atom stereocenters. The van der Waals surface area contributed by atoms with Crippen LogP contribution >= 0.6 is 43.2 Å². The maximum Gasteiger partial charge on any atom is 0.331 e. The smallest absolute Gasteiger partial charge is 0.331 e. The van der Waals surface area contributed by atoms with E-state index in [1.54, 1.807) is 0 Å². The molecule has 0 amide bonds. The van der Waals surface area contributed by atoms with Gasteiger partial charge < -0.3 is 10.4 Å². The van der Waals surface area contributed by atoms with Crippen LogP contribution in [0, 0.1) is 6.92 Å². The molecule has 0 aliphatic carbocycles. The van der Waals surface area contributed by atoms with Gasteiger partial charge in [-0.05, 0) is 62.5 Å². The van der Waals surface area contributed by atoms with Crippen molar-refractivity contribution in [3.8, 4) is 0 Å². The van der Waals surface area contributed by atoms with E-state index >= 15 is 0 Å². The molecule has 19 heavy (non-hydrogen) atoms. The number of benzene rings is 1. The van der Waals surface area contributed by atoms with Gasteiger partial charge in [0.2, 0.25) is 0 Å². The Morgan fingerprint density at radius 3 is 2.63 bits per heavy atom. The summed E-state index contributed by atoms with van der Waals surface area (Å²) in [5.74, 6) is -0.900. The molecular weight excluding hydrogens is 394 g/mol. The third-order valence-electron chi connectivity index (χ3n) is 2.52. The normalized spacial score (nSPS) is 12.2. The van der Waals surface area contributed by atoms with Crippen LogP contribution in [0.25, 0.3) is 0 Å². The van der Waals surface area contributed by atoms with Crippen molar-refractivity contribution < 1.29 is 9.90 Å². The zero-order valence-electron chi connectivity index (χ0n) is 9.98. The van der Waals surface area contributed by atoms with Crippen molar-refractivity contribution >= 4 is 54.9 Å². The zero-order chi connectivity index (χ0) is 14.0. The monoisotopic (exact) mass is 403 g/mol. The first-order chi connectivity index (χ1) is 8.97. The third-order valence-corrected chi connectivity index (χ3v) is 5.85. The Labute approximate surface area is 131 Å². The number of aryl methyl sites for hydroxylation is 1. The molecule has 0 fully saturated rings. The highest BCUT2D eigenvalue weighted by Crippen LogP contribution is 2.36. The molecule has 0 aliphatic heterocycles. The minimum Gasteiger partial charge on any atom is -0.479 e. The molecule has 100 valence electrons. The second kappa shape index (κ2) is 6.07. The number of hydrogen-bond donors (Lipinski definition) is 2. The highest BCUT2D eigenvalue weighted by Gasteiger charge is 2.22. The van der Waals surface area contributed by atoms with Crippen molar-refractivity contribution in [2.45, 2.75) is 13.0 Å². The molecule has 0 bridgehead atoms. The number of nitrogens with one attached hydrogen (secondary N) is 1. The SMILES string of the molecule is Cc1cccc(NC(C(=O)O)c2cc(Br)c(Br)s2)c1. The Morgan fingerprint density at radius 1 is 1.37 bits per heavy atom. The van der Waals surface area contributed by atoms with Crippen LogP contribution < -0.4 is 5.32 Å². The Morgan fingerprint density at radius 2 is 2.11 bits per heavy atom. The fourth-order valence-electron chi connectivity index (χ4n) is 1.66. The second-order valence-electron chi connectivity index (χ2n) is 4.06. The molecular formula is C13H11Br2NO2S. The lowest BCUT2D eigenvalue weighted by atomic mass is 10.2. The first-order valence-corrected chi connectivity index (χ1v) is 7.88. The van der Waals surface area contributed by atoms with E-state index in [0.717, 1.165) is 24.4 Å². The maximum absolute atomic E-state index is 11.4. The molecule has 3 nitrogen and oxygen atoms in total. The minimum atomic E-state index is -0.900. The molecule has 6 heteroatoms. The average molecular weight is 405 g/mol. The summed E-state index contributed by atoms with van der Waals surface area (Å²) in [6.45, 7) is 1.97. The van der Waals surface area contributed by atoms with Gasteiger partial charge in [-0.25, -0.2) is 4.79 Å². The second-order valence-corrected chi connectivity index (χ2v) is 7.31. The van der Waals surface area contributed by atoms with Crippen LogP contribution in [0.5, 0.6) is 0 Å². The summed E-state index contributed by atoms with van der Waals surface area (Å²) in [7, 11) is 0. The molecule has 2 aromatic rings. The van der Waals surface area contributed by atoms with Crippen molar-refractivity contribution in [1.29, 1.82) is 0 Å². The Hall–Kier alpha value is -0.850. The Bertz CT molecular complexity index is 593. The van der Waals surface area contributed by atoms with Crippen molar-refractivity contribution in [2.75, 3.05) is 5.32 Å². The van der Waals surface area contributed by atoms with E-state index in [2.05, 4.69) is 37.2 Å². The highest BCUT2D eigenvalue weighted by atomic mass is 79.9. The van der Waals surface area contributed by atoms with Crippen LogP contribution in [0.4, 0.5) is 5.69 Å². The number of anilines is 1. The fraction of sp³-hybridized carbons (Fsp3) is 0.154. The van der Waals surface area contributed by atoms with Gasteiger partial charge in [0.15, 0.2) is 6.04 Å². The number of rotatable bonds is 4. The van der Waals surface area contributed by atoms with Crippen LogP contribution in [-0.2, 0) is 4.79 Å². The van der Waals surface area contributed by atoms with Gasteiger partial charge in [-0.3, -0.25) is 0 Å². The molecule has 0 saturated heterocycles. The van der Waals surface area contributed by atoms with Crippen LogP contribution in [0.2, 0.25) is 0 Å². The zero-order valence-corrected chi connectivity index (χ0v) is 14.0. The number of hydrogen-bond acceptors (Lipinski definition) is 3. The number of carboxylic acids is 1. The predicted octanol–water partition coefficient (Wildman–Crippen LogP) is 4.82. The van der Waals surface area contributed by atoms with Gasteiger partial charge in [-0.1, -0.05) is 12.1 Å². The van der Waals surface area contributed by atoms with E-state index in [4.69, 9.17) is 0 Å². The first-order valence-electron chi connectivity index (χ1n) is 5.48. The van der Waals surface area contributed by atoms with E-state index in [9.17, 15) is 9.90 Å². The van der Waals surface area contributed by atoms with Crippen LogP contribution in [-0.4, -0.2) is 11.1 Å². The van der Waals surface area contributed by atoms with Crippen molar-refractivity contribution in [3.63, 3.8) is 0 Å². The molecule has 0 spiro atoms. The van der Waals surface area contributed by atoms with Gasteiger partial charge in [0.05, 0.1) is 3.79 Å². The maximum atomic E-state index is 11.4. The lowest BCUT2D eigenvalue weighted by Gasteiger charge is -2.14. The third kappa shape index (κ3) is 3.58. The average Bonchev–Trinajstić information content (AvgIpc) is 2.66. The lowest BCUT2D eigenvalue weighted by molar-refractivity contribution is -0.138. The number of carbonyl (C=O) groups is 1. The first kappa shape index (κ1) is 14.6. The Balaban J connectivity index is 2.29. The van der Waals surface area contributed by atoms with Crippen molar-refractivity contribution in [2.24, 2.45) is 0 Å². The largest absolute Gasteiger partial charge is 0.479 e. The topological polar surface area (TPSA) is 49.3 Å². The molecule has 0 aliphatic rings. The quantitative estimate of drug-likeness (QED) is 0.767. The summed E-state index contributed by atoms with van der Waals surface area (Å²) in [5.41, 5.74) is 1.88. The standard InChI is InChI=1S/C13H11Br2NO2S/c1-7-3-2-4-8(5-7)16-11(13(17)18)10-6-9(14)12(15)19-10/h2-6,11,16H,1H3,(H,17,18). The molecule has 1 heterocycles. The number of thiophene rings is 1. The summed E-state index contributed by atoms with van der Waals surface area (Å²) >= 11 is 8.16. The van der Waals surface area contributed by atoms with Gasteiger partial charge in [-0.2, -0.15) is 0 Å². The molecule has 2 rings (SSSR count). The van der Waals surface area contributed by atoms with Crippen LogP contribution in [0.1, 0.15) is 16.5 Å². The van der Waals surface area contributed by atoms with Gasteiger partial charge >= 0.3 is 5.97 Å². The van der Waals surface area contributed by atoms with Crippen molar-refractivity contribution in [3.05, 3.63) is 49.0 Å². The van der Waals surface area contributed by atoms with Gasteiger partial charge in [0.25, 0.3) is 0 Å². The van der Waals surface area contributed by atoms with Gasteiger partial charge in [0, 0.05) is 15.0 Å². The van der Waals surface area contributed by atoms with Gasteiger partial charge in [-0.15, -0.1) is 11.3 Å². The lowest BCUT2D eigenvalue weighted by Crippen LogP contribution is -2.19. The summed E-state index contributed by atoms with van der Waals surface area (Å²) in [6.07, 6.45) is 0. The van der Waals surface area contributed by atoms with Crippen LogP contribution in [0.15, 0.2) is 38.6 Å². The molecule has 1 aromatic heterocycles. The molecule has 1 aromatic carbocycles. The molecule has 2 N–H and O–H groups in total. The fourth-order valence-corrected chi connectivity index (χ4v) is 3.80. The summed E-state index contributed by atoms with van der Waals surface area (Å²) in [4.78, 5) is 12.2. The number of aliphatic carboxylic acids is 1. The highest BCUT2D eigenvalue weighted by molar-refractivity contribution is 9.13. The molecule has 1 unspecified atom stereocenters. The van der Waals surface area contributed by atoms with E-state index in [1.165, 1.54) is 11.3 Å². The summed E-state index contributed by atoms with van der Waals surface area (Å²) in [6, 6.07) is 8.72. The summed E-state index contributed by atoms with van der Waals surface area (Å²) < 4.78 is 1.75. The van der Waals surface area contributed by atoms with E-state index < -0.39 is 12.0 Å².